The maximum atomic E-state index is 11.3. The molecular formula is C19H28N4O4. The summed E-state index contributed by atoms with van der Waals surface area (Å²) in [5.41, 5.74) is 12.8. The van der Waals surface area contributed by atoms with Crippen LogP contribution < -0.4 is 22.1 Å². The minimum atomic E-state index is -0.488. The third-order valence-corrected chi connectivity index (χ3v) is 3.12. The zero-order valence-corrected chi connectivity index (χ0v) is 14.7. The lowest BCUT2D eigenvalue weighted by atomic mass is 10.1. The third-order valence-electron chi connectivity index (χ3n) is 3.12. The van der Waals surface area contributed by atoms with Crippen LogP contribution in [0.4, 0.5) is 11.4 Å². The third kappa shape index (κ3) is 8.02. The second kappa shape index (κ2) is 12.9. The number of para-hydroxylation sites is 2. The van der Waals surface area contributed by atoms with Crippen molar-refractivity contribution in [2.75, 3.05) is 11.1 Å². The van der Waals surface area contributed by atoms with Gasteiger partial charge in [-0.1, -0.05) is 31.7 Å². The molecule has 2 aromatic rings. The highest BCUT2D eigenvalue weighted by Gasteiger charge is 2.18. The SMILES string of the molecule is C.CC1NC(=O)c2ccccc2N1.CC=O.NC(=O)c1ccccc1N.O. The molecule has 3 rings (SSSR count). The predicted molar refractivity (Wildman–Crippen MR) is 108 cm³/mol. The van der Waals surface area contributed by atoms with Gasteiger partial charge >= 0.3 is 0 Å². The topological polar surface area (TPSA) is 159 Å². The Labute approximate surface area is 159 Å². The summed E-state index contributed by atoms with van der Waals surface area (Å²) in [4.78, 5) is 30.7. The normalized spacial score (nSPS) is 13.1. The van der Waals surface area contributed by atoms with E-state index >= 15 is 0 Å². The summed E-state index contributed by atoms with van der Waals surface area (Å²) in [7, 11) is 0. The number of carbonyl (C=O) groups excluding carboxylic acids is 3. The van der Waals surface area contributed by atoms with Crippen LogP contribution in [-0.2, 0) is 4.79 Å². The number of primary amides is 1. The van der Waals surface area contributed by atoms with Crippen molar-refractivity contribution in [3.63, 3.8) is 0 Å². The van der Waals surface area contributed by atoms with Crippen LogP contribution in [0.3, 0.4) is 0 Å². The number of hydrogen-bond donors (Lipinski definition) is 4. The molecule has 1 atom stereocenters. The number of anilines is 2. The van der Waals surface area contributed by atoms with E-state index in [4.69, 9.17) is 16.3 Å². The van der Waals surface area contributed by atoms with Crippen LogP contribution in [0.15, 0.2) is 48.5 Å². The maximum absolute atomic E-state index is 11.3. The van der Waals surface area contributed by atoms with Crippen LogP contribution >= 0.6 is 0 Å². The number of amides is 2. The zero-order chi connectivity index (χ0) is 18.8. The Morgan fingerprint density at radius 3 is 2.11 bits per heavy atom. The molecule has 1 unspecified atom stereocenters. The van der Waals surface area contributed by atoms with E-state index in [0.717, 1.165) is 17.5 Å². The molecule has 0 spiro atoms. The number of nitrogens with one attached hydrogen (secondary N) is 2. The lowest BCUT2D eigenvalue weighted by Crippen LogP contribution is -2.42. The number of nitrogen functional groups attached to an aromatic ring is 1. The Morgan fingerprint density at radius 1 is 1.07 bits per heavy atom. The fourth-order valence-electron chi connectivity index (χ4n) is 2.07. The first-order valence-electron chi connectivity index (χ1n) is 7.61. The number of fused-ring (bicyclic) bond motifs is 1. The smallest absolute Gasteiger partial charge is 0.254 e. The molecule has 8 N–H and O–H groups in total. The molecule has 0 aliphatic carbocycles. The molecule has 2 amide bonds. The summed E-state index contributed by atoms with van der Waals surface area (Å²) in [5, 5.41) is 5.94. The Hall–Kier alpha value is -3.39. The van der Waals surface area contributed by atoms with E-state index in [1.807, 2.05) is 31.2 Å². The van der Waals surface area contributed by atoms with Crippen molar-refractivity contribution in [3.05, 3.63) is 59.7 Å². The number of aldehydes is 1. The molecule has 8 heteroatoms. The van der Waals surface area contributed by atoms with Crippen LogP contribution in [0.2, 0.25) is 0 Å². The average Bonchev–Trinajstić information content (AvgIpc) is 2.56. The molecule has 0 radical (unpaired) electrons. The molecule has 148 valence electrons. The fraction of sp³-hybridized carbons (Fsp3) is 0.211. The molecule has 1 aliphatic heterocycles. The van der Waals surface area contributed by atoms with E-state index in [1.54, 1.807) is 24.3 Å². The monoisotopic (exact) mass is 376 g/mol. The minimum absolute atomic E-state index is 0. The van der Waals surface area contributed by atoms with Gasteiger partial charge in [0.15, 0.2) is 0 Å². The van der Waals surface area contributed by atoms with E-state index in [-0.39, 0.29) is 25.0 Å². The van der Waals surface area contributed by atoms with E-state index < -0.39 is 5.91 Å². The van der Waals surface area contributed by atoms with Gasteiger partial charge in [0.1, 0.15) is 6.29 Å². The molecule has 1 aliphatic rings. The van der Waals surface area contributed by atoms with Gasteiger partial charge in [0.05, 0.1) is 17.3 Å². The molecule has 1 heterocycles. The quantitative estimate of drug-likeness (QED) is 0.438. The summed E-state index contributed by atoms with van der Waals surface area (Å²) < 4.78 is 0. The van der Waals surface area contributed by atoms with Crippen molar-refractivity contribution < 1.29 is 19.9 Å². The molecular weight excluding hydrogens is 348 g/mol. The second-order valence-corrected chi connectivity index (χ2v) is 5.07. The minimum Gasteiger partial charge on any atom is -0.412 e. The molecule has 0 fully saturated rings. The van der Waals surface area contributed by atoms with Gasteiger partial charge in [-0.25, -0.2) is 0 Å². The molecule has 8 nitrogen and oxygen atoms in total. The van der Waals surface area contributed by atoms with Crippen molar-refractivity contribution in [2.24, 2.45) is 5.73 Å². The largest absolute Gasteiger partial charge is 0.412 e. The highest BCUT2D eigenvalue weighted by molar-refractivity contribution is 6.01. The first-order valence-corrected chi connectivity index (χ1v) is 7.61. The van der Waals surface area contributed by atoms with Gasteiger partial charge in [0, 0.05) is 11.4 Å². The van der Waals surface area contributed by atoms with Crippen LogP contribution in [-0.4, -0.2) is 29.7 Å². The maximum Gasteiger partial charge on any atom is 0.254 e. The number of hydrogen-bond acceptors (Lipinski definition) is 5. The lowest BCUT2D eigenvalue weighted by molar-refractivity contribution is -0.106. The van der Waals surface area contributed by atoms with Gasteiger partial charge in [-0.3, -0.25) is 9.59 Å². The number of nitrogens with two attached hydrogens (primary N) is 2. The van der Waals surface area contributed by atoms with Crippen LogP contribution in [0.5, 0.6) is 0 Å². The van der Waals surface area contributed by atoms with Crippen LogP contribution in [0.25, 0.3) is 0 Å². The van der Waals surface area contributed by atoms with E-state index in [0.29, 0.717) is 11.3 Å². The lowest BCUT2D eigenvalue weighted by Gasteiger charge is -2.24. The number of carbonyl (C=O) groups is 3. The van der Waals surface area contributed by atoms with E-state index in [2.05, 4.69) is 10.6 Å². The van der Waals surface area contributed by atoms with Gasteiger partial charge < -0.3 is 32.4 Å². The summed E-state index contributed by atoms with van der Waals surface area (Å²) in [6, 6.07) is 14.2. The van der Waals surface area contributed by atoms with Crippen molar-refractivity contribution in [3.8, 4) is 0 Å². The Balaban J connectivity index is 0. The van der Waals surface area contributed by atoms with Crippen molar-refractivity contribution in [1.29, 1.82) is 0 Å². The van der Waals surface area contributed by atoms with Gasteiger partial charge in [-0.2, -0.15) is 0 Å². The molecule has 0 aromatic heterocycles. The van der Waals surface area contributed by atoms with Gasteiger partial charge in [-0.15, -0.1) is 0 Å². The van der Waals surface area contributed by atoms with Crippen molar-refractivity contribution in [1.82, 2.24) is 5.32 Å². The highest BCUT2D eigenvalue weighted by atomic mass is 16.2. The van der Waals surface area contributed by atoms with Crippen LogP contribution in [0.1, 0.15) is 42.0 Å². The van der Waals surface area contributed by atoms with E-state index in [9.17, 15) is 9.59 Å². The van der Waals surface area contributed by atoms with Crippen molar-refractivity contribution >= 4 is 29.5 Å². The Kier molecular flexibility index (Phi) is 12.3. The molecule has 0 saturated heterocycles. The molecule has 2 aromatic carbocycles. The highest BCUT2D eigenvalue weighted by Crippen LogP contribution is 2.18. The first-order chi connectivity index (χ1) is 11.9. The van der Waals surface area contributed by atoms with E-state index in [1.165, 1.54) is 6.92 Å². The Morgan fingerprint density at radius 2 is 1.59 bits per heavy atom. The standard InChI is InChI=1S/C9H10N2O.C7H8N2O.C2H4O.CH4.H2O/c1-6-10-8-5-3-2-4-7(8)9(12)11-6;8-6-4-2-1-3-5(6)7(9)10;1-2-3;;/h2-6,10H,1H3,(H,11,12);1-4H,8H2,(H2,9,10);2H,1H3;1H4;1H2. The summed E-state index contributed by atoms with van der Waals surface area (Å²) in [5.74, 6) is -0.491. The first kappa shape index (κ1) is 25.8. The Bertz CT molecular complexity index is 750. The molecule has 0 bridgehead atoms. The zero-order valence-electron chi connectivity index (χ0n) is 14.7. The number of rotatable bonds is 1. The molecule has 27 heavy (non-hydrogen) atoms. The van der Waals surface area contributed by atoms with Gasteiger partial charge in [-0.05, 0) is 38.1 Å². The molecule has 0 saturated carbocycles. The summed E-state index contributed by atoms with van der Waals surface area (Å²) >= 11 is 0. The van der Waals surface area contributed by atoms with Crippen molar-refractivity contribution in [2.45, 2.75) is 27.4 Å². The second-order valence-electron chi connectivity index (χ2n) is 5.07. The number of benzene rings is 2. The summed E-state index contributed by atoms with van der Waals surface area (Å²) in [6.07, 6.45) is 0.771. The summed E-state index contributed by atoms with van der Waals surface area (Å²) in [6.45, 7) is 3.36. The van der Waals surface area contributed by atoms with Crippen LogP contribution in [0, 0.1) is 0 Å². The van der Waals surface area contributed by atoms with Gasteiger partial charge in [0.25, 0.3) is 11.8 Å². The fourth-order valence-corrected chi connectivity index (χ4v) is 2.07. The average molecular weight is 376 g/mol. The van der Waals surface area contributed by atoms with Gasteiger partial charge in [0.2, 0.25) is 0 Å². The predicted octanol–water partition coefficient (Wildman–Crippen LogP) is 1.57.